The number of hydrogen-bond acceptors (Lipinski definition) is 3. The van der Waals surface area contributed by atoms with Crippen LogP contribution in [0.5, 0.6) is 0 Å². The minimum atomic E-state index is 0.0556. The van der Waals surface area contributed by atoms with E-state index in [0.717, 1.165) is 0 Å². The molecule has 2 atom stereocenters. The third-order valence-electron chi connectivity index (χ3n) is 1.48. The molecular weight excluding hydrogens is 106 g/mol. The van der Waals surface area contributed by atoms with Gasteiger partial charge in [-0.3, -0.25) is 0 Å². The first-order valence-corrected chi connectivity index (χ1v) is 2.78. The summed E-state index contributed by atoms with van der Waals surface area (Å²) in [5, 5.41) is 8.58. The highest BCUT2D eigenvalue weighted by atomic mass is 16.5. The zero-order valence-electron chi connectivity index (χ0n) is 4.71. The van der Waals surface area contributed by atoms with E-state index in [-0.39, 0.29) is 18.6 Å². The molecule has 0 aromatic carbocycles. The van der Waals surface area contributed by atoms with Crippen molar-refractivity contribution in [1.29, 1.82) is 0 Å². The highest BCUT2D eigenvalue weighted by Gasteiger charge is 2.23. The number of hydrogen-bond donors (Lipinski definition) is 2. The lowest BCUT2D eigenvalue weighted by molar-refractivity contribution is 0.161. The van der Waals surface area contributed by atoms with Gasteiger partial charge in [-0.25, -0.2) is 0 Å². The summed E-state index contributed by atoms with van der Waals surface area (Å²) in [6.45, 7) is 1.38. The fraction of sp³-hybridized carbons (Fsp3) is 1.00. The largest absolute Gasteiger partial charge is 0.396 e. The van der Waals surface area contributed by atoms with E-state index in [1.54, 1.807) is 0 Å². The molecule has 0 aromatic heterocycles. The molecule has 0 radical (unpaired) electrons. The maximum Gasteiger partial charge on any atom is 0.0622 e. The van der Waals surface area contributed by atoms with Crippen LogP contribution in [0.25, 0.3) is 0 Å². The molecule has 0 bridgehead atoms. The molecule has 0 unspecified atom stereocenters. The smallest absolute Gasteiger partial charge is 0.0622 e. The third-order valence-corrected chi connectivity index (χ3v) is 1.48. The molecule has 1 heterocycles. The van der Waals surface area contributed by atoms with Crippen molar-refractivity contribution in [1.82, 2.24) is 0 Å². The van der Waals surface area contributed by atoms with Gasteiger partial charge in [-0.2, -0.15) is 0 Å². The van der Waals surface area contributed by atoms with E-state index in [1.807, 2.05) is 0 Å². The van der Waals surface area contributed by atoms with Crippen molar-refractivity contribution in [2.75, 3.05) is 19.8 Å². The van der Waals surface area contributed by atoms with Crippen LogP contribution in [0.15, 0.2) is 0 Å². The molecular formula is C5H11NO2. The quantitative estimate of drug-likeness (QED) is 0.461. The zero-order chi connectivity index (χ0) is 5.98. The summed E-state index contributed by atoms with van der Waals surface area (Å²) in [6.07, 6.45) is 0. The molecule has 3 N–H and O–H groups in total. The van der Waals surface area contributed by atoms with E-state index in [2.05, 4.69) is 0 Å². The number of aliphatic hydroxyl groups excluding tert-OH is 1. The molecule has 1 fully saturated rings. The molecule has 0 saturated carbocycles. The Morgan fingerprint density at radius 2 is 2.38 bits per heavy atom. The Bertz CT molecular complexity index is 76.8. The standard InChI is InChI=1S/C5H11NO2/c6-5-3-8-2-4(5)1-7/h4-5,7H,1-3,6H2/t4-,5+/m0/s1. The van der Waals surface area contributed by atoms with Crippen LogP contribution in [0.3, 0.4) is 0 Å². The summed E-state index contributed by atoms with van der Waals surface area (Å²) < 4.78 is 4.98. The fourth-order valence-corrected chi connectivity index (χ4v) is 0.803. The van der Waals surface area contributed by atoms with Gasteiger partial charge in [0.25, 0.3) is 0 Å². The minimum absolute atomic E-state index is 0.0556. The van der Waals surface area contributed by atoms with E-state index in [1.165, 1.54) is 0 Å². The molecule has 1 aliphatic rings. The van der Waals surface area contributed by atoms with Crippen LogP contribution in [0.4, 0.5) is 0 Å². The summed E-state index contributed by atoms with van der Waals surface area (Å²) in [5.41, 5.74) is 5.50. The van der Waals surface area contributed by atoms with E-state index in [4.69, 9.17) is 15.6 Å². The first kappa shape index (κ1) is 6.01. The van der Waals surface area contributed by atoms with Gasteiger partial charge in [0.05, 0.1) is 13.2 Å². The van der Waals surface area contributed by atoms with Crippen molar-refractivity contribution >= 4 is 0 Å². The second kappa shape index (κ2) is 2.44. The van der Waals surface area contributed by atoms with Crippen LogP contribution >= 0.6 is 0 Å². The highest BCUT2D eigenvalue weighted by molar-refractivity contribution is 4.76. The normalized spacial score (nSPS) is 38.2. The number of ether oxygens (including phenoxy) is 1. The predicted octanol–water partition coefficient (Wildman–Crippen LogP) is -1.05. The Balaban J connectivity index is 2.30. The molecule has 48 valence electrons. The first-order chi connectivity index (χ1) is 3.84. The van der Waals surface area contributed by atoms with Gasteiger partial charge in [0.2, 0.25) is 0 Å². The molecule has 0 amide bonds. The predicted molar refractivity (Wildman–Crippen MR) is 29.4 cm³/mol. The van der Waals surface area contributed by atoms with Crippen molar-refractivity contribution < 1.29 is 9.84 Å². The highest BCUT2D eigenvalue weighted by Crippen LogP contribution is 2.09. The van der Waals surface area contributed by atoms with E-state index in [9.17, 15) is 0 Å². The lowest BCUT2D eigenvalue weighted by Gasteiger charge is -2.06. The van der Waals surface area contributed by atoms with Gasteiger partial charge in [-0.15, -0.1) is 0 Å². The number of rotatable bonds is 1. The SMILES string of the molecule is N[C@@H]1COC[C@@H]1CO. The van der Waals surface area contributed by atoms with Crippen molar-refractivity contribution in [2.24, 2.45) is 11.7 Å². The van der Waals surface area contributed by atoms with Crippen LogP contribution in [0.1, 0.15) is 0 Å². The Morgan fingerprint density at radius 1 is 1.62 bits per heavy atom. The lowest BCUT2D eigenvalue weighted by atomic mass is 10.1. The van der Waals surface area contributed by atoms with Crippen molar-refractivity contribution in [3.8, 4) is 0 Å². The van der Waals surface area contributed by atoms with Crippen LogP contribution in [0, 0.1) is 5.92 Å². The van der Waals surface area contributed by atoms with Gasteiger partial charge >= 0.3 is 0 Å². The van der Waals surface area contributed by atoms with E-state index >= 15 is 0 Å². The second-order valence-electron chi connectivity index (χ2n) is 2.14. The molecule has 3 heteroatoms. The Labute approximate surface area is 48.4 Å². The Hall–Kier alpha value is -0.120. The molecule has 0 aromatic rings. The van der Waals surface area contributed by atoms with Gasteiger partial charge in [-0.05, 0) is 0 Å². The van der Waals surface area contributed by atoms with Crippen LogP contribution in [0.2, 0.25) is 0 Å². The lowest BCUT2D eigenvalue weighted by Crippen LogP contribution is -2.30. The van der Waals surface area contributed by atoms with Crippen LogP contribution in [-0.4, -0.2) is 31.0 Å². The van der Waals surface area contributed by atoms with Crippen molar-refractivity contribution in [3.05, 3.63) is 0 Å². The second-order valence-corrected chi connectivity index (χ2v) is 2.14. The van der Waals surface area contributed by atoms with Gasteiger partial charge in [0, 0.05) is 18.6 Å². The summed E-state index contributed by atoms with van der Waals surface area (Å²) in [6, 6.07) is 0.0556. The maximum atomic E-state index is 8.58. The topological polar surface area (TPSA) is 55.5 Å². The zero-order valence-corrected chi connectivity index (χ0v) is 4.71. The molecule has 8 heavy (non-hydrogen) atoms. The summed E-state index contributed by atoms with van der Waals surface area (Å²) >= 11 is 0. The van der Waals surface area contributed by atoms with Crippen molar-refractivity contribution in [2.45, 2.75) is 6.04 Å². The van der Waals surface area contributed by atoms with Crippen molar-refractivity contribution in [3.63, 3.8) is 0 Å². The number of aliphatic hydroxyl groups is 1. The molecule has 3 nitrogen and oxygen atoms in total. The molecule has 0 spiro atoms. The van der Waals surface area contributed by atoms with Gasteiger partial charge < -0.3 is 15.6 Å². The van der Waals surface area contributed by atoms with Gasteiger partial charge in [0.15, 0.2) is 0 Å². The van der Waals surface area contributed by atoms with Gasteiger partial charge in [-0.1, -0.05) is 0 Å². The molecule has 1 rings (SSSR count). The third kappa shape index (κ3) is 0.992. The summed E-state index contributed by atoms with van der Waals surface area (Å²) in [4.78, 5) is 0. The van der Waals surface area contributed by atoms with E-state index in [0.29, 0.717) is 13.2 Å². The minimum Gasteiger partial charge on any atom is -0.396 e. The molecule has 0 aliphatic carbocycles. The van der Waals surface area contributed by atoms with E-state index < -0.39 is 0 Å². The monoisotopic (exact) mass is 117 g/mol. The first-order valence-electron chi connectivity index (χ1n) is 2.78. The molecule has 1 aliphatic heterocycles. The van der Waals surface area contributed by atoms with Crippen LogP contribution in [-0.2, 0) is 4.74 Å². The Kier molecular flexibility index (Phi) is 1.83. The maximum absolute atomic E-state index is 8.58. The van der Waals surface area contributed by atoms with Crippen LogP contribution < -0.4 is 5.73 Å². The fourth-order valence-electron chi connectivity index (χ4n) is 0.803. The summed E-state index contributed by atoms with van der Waals surface area (Å²) in [5.74, 6) is 0.176. The summed E-state index contributed by atoms with van der Waals surface area (Å²) in [7, 11) is 0. The molecule has 1 saturated heterocycles. The Morgan fingerprint density at radius 3 is 2.62 bits per heavy atom. The average Bonchev–Trinajstić information content (AvgIpc) is 2.14. The van der Waals surface area contributed by atoms with Gasteiger partial charge in [0.1, 0.15) is 0 Å². The number of nitrogens with two attached hydrogens (primary N) is 1. The average molecular weight is 117 g/mol.